The molecule has 0 amide bonds. The van der Waals surface area contributed by atoms with Gasteiger partial charge >= 0.3 is 0 Å². The second-order valence-electron chi connectivity index (χ2n) is 6.21. The van der Waals surface area contributed by atoms with Gasteiger partial charge in [-0.1, -0.05) is 6.92 Å². The van der Waals surface area contributed by atoms with E-state index in [0.717, 1.165) is 18.7 Å². The van der Waals surface area contributed by atoms with Crippen LogP contribution in [-0.2, 0) is 12.6 Å². The van der Waals surface area contributed by atoms with E-state index >= 15 is 0 Å². The number of aryl methyl sites for hydroxylation is 1. The van der Waals surface area contributed by atoms with Crippen molar-refractivity contribution in [2.75, 3.05) is 19.6 Å². The largest absolute Gasteiger partial charge is 0.383 e. The molecule has 140 valence electrons. The summed E-state index contributed by atoms with van der Waals surface area (Å²) >= 11 is 1.71. The zero-order chi connectivity index (χ0) is 17.6. The molecule has 0 fully saturated rings. The molecule has 8 heteroatoms. The quantitative estimate of drug-likeness (QED) is 0.326. The first-order valence-electron chi connectivity index (χ1n) is 8.18. The third-order valence-electron chi connectivity index (χ3n) is 3.90. The summed E-state index contributed by atoms with van der Waals surface area (Å²) < 4.78 is 1.68. The minimum absolute atomic E-state index is 0. The number of aliphatic hydroxyl groups is 1. The van der Waals surface area contributed by atoms with Crippen LogP contribution in [0.5, 0.6) is 0 Å². The van der Waals surface area contributed by atoms with E-state index in [4.69, 9.17) is 0 Å². The molecule has 25 heavy (non-hydrogen) atoms. The third-order valence-corrected chi connectivity index (χ3v) is 4.61. The van der Waals surface area contributed by atoms with Gasteiger partial charge in [0.05, 0.1) is 12.7 Å². The van der Waals surface area contributed by atoms with Crippen LogP contribution in [0, 0.1) is 0 Å². The zero-order valence-corrected chi connectivity index (χ0v) is 18.3. The molecule has 2 atom stereocenters. The molecule has 0 spiro atoms. The van der Waals surface area contributed by atoms with Crippen LogP contribution in [0.1, 0.15) is 37.8 Å². The Morgan fingerprint density at radius 1 is 1.48 bits per heavy atom. The van der Waals surface area contributed by atoms with Crippen molar-refractivity contribution in [3.63, 3.8) is 0 Å². The average Bonchev–Trinajstić information content (AvgIpc) is 3.21. The number of nitrogens with one attached hydrogen (secondary N) is 2. The normalized spacial score (nSPS) is 15.2. The lowest BCUT2D eigenvalue weighted by molar-refractivity contribution is 0.0672. The first-order chi connectivity index (χ1) is 11.4. The van der Waals surface area contributed by atoms with Gasteiger partial charge in [-0.3, -0.25) is 4.68 Å². The van der Waals surface area contributed by atoms with E-state index in [1.165, 1.54) is 5.56 Å². The van der Waals surface area contributed by atoms with Gasteiger partial charge in [0.25, 0.3) is 0 Å². The number of guanidine groups is 1. The minimum atomic E-state index is -1.05. The molecular formula is C17H28IN5OS. The fourth-order valence-electron chi connectivity index (χ4n) is 2.29. The van der Waals surface area contributed by atoms with Gasteiger partial charge in [-0.15, -0.1) is 24.0 Å². The number of hydrogen-bond donors (Lipinski definition) is 3. The fraction of sp³-hybridized carbons (Fsp3) is 0.529. The highest BCUT2D eigenvalue weighted by atomic mass is 127. The lowest BCUT2D eigenvalue weighted by atomic mass is 10.0. The Labute approximate surface area is 170 Å². The first-order valence-corrected chi connectivity index (χ1v) is 9.12. The summed E-state index contributed by atoms with van der Waals surface area (Å²) in [6.07, 6.45) is 3.49. The van der Waals surface area contributed by atoms with E-state index in [2.05, 4.69) is 44.5 Å². The number of halogens is 1. The molecule has 2 aromatic rings. The number of aliphatic imine (C=N–C) groups is 1. The molecule has 2 rings (SSSR count). The molecule has 0 aromatic carbocycles. The first kappa shape index (κ1) is 21.9. The van der Waals surface area contributed by atoms with Crippen LogP contribution in [0.4, 0.5) is 0 Å². The van der Waals surface area contributed by atoms with E-state index in [0.29, 0.717) is 11.9 Å². The second-order valence-corrected chi connectivity index (χ2v) is 6.99. The Morgan fingerprint density at radius 3 is 2.80 bits per heavy atom. The number of rotatable bonds is 7. The Morgan fingerprint density at radius 2 is 2.24 bits per heavy atom. The molecule has 0 saturated carbocycles. The Bertz CT molecular complexity index is 654. The Kier molecular flexibility index (Phi) is 8.87. The highest BCUT2D eigenvalue weighted by Crippen LogP contribution is 2.20. The number of thiophene rings is 1. The summed E-state index contributed by atoms with van der Waals surface area (Å²) in [7, 11) is 1.83. The highest BCUT2D eigenvalue weighted by molar-refractivity contribution is 14.0. The van der Waals surface area contributed by atoms with Crippen molar-refractivity contribution in [1.29, 1.82) is 0 Å². The molecule has 0 radical (unpaired) electrons. The van der Waals surface area contributed by atoms with Gasteiger partial charge in [-0.05, 0) is 42.2 Å². The molecule has 2 heterocycles. The SMILES string of the molecule is CCNC(=NCC(C)(O)c1cnn(C)c1)NCC(C)c1ccsc1.I. The minimum Gasteiger partial charge on any atom is -0.383 e. The molecule has 0 saturated heterocycles. The van der Waals surface area contributed by atoms with Crippen molar-refractivity contribution in [2.45, 2.75) is 32.3 Å². The number of aromatic nitrogens is 2. The average molecular weight is 477 g/mol. The van der Waals surface area contributed by atoms with E-state index in [-0.39, 0.29) is 30.5 Å². The molecule has 6 nitrogen and oxygen atoms in total. The van der Waals surface area contributed by atoms with Crippen molar-refractivity contribution < 1.29 is 5.11 Å². The predicted octanol–water partition coefficient (Wildman–Crippen LogP) is 2.67. The lowest BCUT2D eigenvalue weighted by Gasteiger charge is -2.21. The molecule has 0 bridgehead atoms. The van der Waals surface area contributed by atoms with Crippen LogP contribution in [0.3, 0.4) is 0 Å². The van der Waals surface area contributed by atoms with Crippen molar-refractivity contribution in [2.24, 2.45) is 12.0 Å². The summed E-state index contributed by atoms with van der Waals surface area (Å²) in [4.78, 5) is 4.53. The van der Waals surface area contributed by atoms with Crippen LogP contribution in [0.25, 0.3) is 0 Å². The van der Waals surface area contributed by atoms with Crippen LogP contribution in [0.15, 0.2) is 34.2 Å². The summed E-state index contributed by atoms with van der Waals surface area (Å²) in [6, 6.07) is 2.15. The highest BCUT2D eigenvalue weighted by Gasteiger charge is 2.24. The summed E-state index contributed by atoms with van der Waals surface area (Å²) in [5, 5.41) is 25.6. The van der Waals surface area contributed by atoms with Gasteiger partial charge in [0.1, 0.15) is 5.60 Å². The third kappa shape index (κ3) is 6.59. The van der Waals surface area contributed by atoms with E-state index < -0.39 is 5.60 Å². The van der Waals surface area contributed by atoms with Gasteiger partial charge in [0.2, 0.25) is 0 Å². The molecule has 0 aliphatic rings. The van der Waals surface area contributed by atoms with E-state index in [9.17, 15) is 5.11 Å². The van der Waals surface area contributed by atoms with E-state index in [1.807, 2.05) is 20.2 Å². The number of hydrogen-bond acceptors (Lipinski definition) is 4. The fourth-order valence-corrected chi connectivity index (χ4v) is 3.07. The maximum atomic E-state index is 10.6. The maximum absolute atomic E-state index is 10.6. The van der Waals surface area contributed by atoms with Crippen LogP contribution in [0.2, 0.25) is 0 Å². The summed E-state index contributed by atoms with van der Waals surface area (Å²) in [5.74, 6) is 1.11. The molecule has 0 aliphatic heterocycles. The van der Waals surface area contributed by atoms with Crippen LogP contribution < -0.4 is 10.6 Å². The molecule has 0 aliphatic carbocycles. The smallest absolute Gasteiger partial charge is 0.191 e. The molecule has 3 N–H and O–H groups in total. The zero-order valence-electron chi connectivity index (χ0n) is 15.2. The number of nitrogens with zero attached hydrogens (tertiary/aromatic N) is 3. The van der Waals surface area contributed by atoms with Crippen molar-refractivity contribution in [3.05, 3.63) is 40.3 Å². The Balaban J connectivity index is 0.00000312. The van der Waals surface area contributed by atoms with Gasteiger partial charge in [0, 0.05) is 31.9 Å². The maximum Gasteiger partial charge on any atom is 0.191 e. The van der Waals surface area contributed by atoms with Crippen molar-refractivity contribution in [1.82, 2.24) is 20.4 Å². The standard InChI is InChI=1S/C17H27N5OS.HI/c1-5-18-16(19-8-13(2)14-6-7-24-11-14)20-12-17(3,23)15-9-21-22(4)10-15;/h6-7,9-11,13,23H,5,8,12H2,1-4H3,(H2,18,19,20);1H. The van der Waals surface area contributed by atoms with E-state index in [1.54, 1.807) is 29.1 Å². The van der Waals surface area contributed by atoms with Gasteiger partial charge in [-0.2, -0.15) is 16.4 Å². The summed E-state index contributed by atoms with van der Waals surface area (Å²) in [6.45, 7) is 7.79. The van der Waals surface area contributed by atoms with Gasteiger partial charge in [-0.25, -0.2) is 4.99 Å². The second kappa shape index (κ2) is 10.1. The molecule has 2 unspecified atom stereocenters. The lowest BCUT2D eigenvalue weighted by Crippen LogP contribution is -2.40. The van der Waals surface area contributed by atoms with Gasteiger partial charge < -0.3 is 15.7 Å². The topological polar surface area (TPSA) is 74.5 Å². The predicted molar refractivity (Wildman–Crippen MR) is 115 cm³/mol. The Hall–Kier alpha value is -1.13. The summed E-state index contributed by atoms with van der Waals surface area (Å²) in [5.41, 5.74) is 1.04. The molecular weight excluding hydrogens is 449 g/mol. The van der Waals surface area contributed by atoms with Crippen molar-refractivity contribution in [3.8, 4) is 0 Å². The van der Waals surface area contributed by atoms with Crippen molar-refractivity contribution >= 4 is 41.3 Å². The van der Waals surface area contributed by atoms with Gasteiger partial charge in [0.15, 0.2) is 5.96 Å². The van der Waals surface area contributed by atoms with Crippen LogP contribution in [-0.4, -0.2) is 40.5 Å². The van der Waals surface area contributed by atoms with Crippen LogP contribution >= 0.6 is 35.3 Å². The molecule has 2 aromatic heterocycles. The monoisotopic (exact) mass is 477 g/mol.